The maximum atomic E-state index is 2.35. The maximum Gasteiger partial charge on any atom is -0.0145 e. The number of allylic oxidation sites excluding steroid dienone is 4. The van der Waals surface area contributed by atoms with Crippen molar-refractivity contribution in [2.45, 2.75) is 27.2 Å². The Labute approximate surface area is 70.0 Å². The van der Waals surface area contributed by atoms with E-state index in [1.165, 1.54) is 6.42 Å². The molecule has 0 nitrogen and oxygen atoms in total. The van der Waals surface area contributed by atoms with Gasteiger partial charge in [0.25, 0.3) is 0 Å². The van der Waals surface area contributed by atoms with Crippen molar-refractivity contribution in [3.8, 4) is 0 Å². The van der Waals surface area contributed by atoms with E-state index in [9.17, 15) is 0 Å². The van der Waals surface area contributed by atoms with Gasteiger partial charge in [0.05, 0.1) is 0 Å². The minimum atomic E-state index is 0.731. The predicted molar refractivity (Wildman–Crippen MR) is 50.4 cm³/mol. The molecule has 0 N–H and O–H groups in total. The molecule has 62 valence electrons. The van der Waals surface area contributed by atoms with Crippen molar-refractivity contribution < 1.29 is 0 Å². The Morgan fingerprint density at radius 3 is 2.64 bits per heavy atom. The van der Waals surface area contributed by atoms with Crippen molar-refractivity contribution in [1.29, 1.82) is 0 Å². The molecule has 0 aromatic heterocycles. The summed E-state index contributed by atoms with van der Waals surface area (Å²) in [4.78, 5) is 0. The van der Waals surface area contributed by atoms with E-state index in [1.807, 2.05) is 0 Å². The topological polar surface area (TPSA) is 0 Å². The summed E-state index contributed by atoms with van der Waals surface area (Å²) in [6, 6.07) is 0. The van der Waals surface area contributed by atoms with Crippen molar-refractivity contribution in [3.05, 3.63) is 24.3 Å². The Kier molecular flexibility index (Phi) is 2.92. The second-order valence-electron chi connectivity index (χ2n) is 3.60. The Morgan fingerprint density at radius 1 is 1.36 bits per heavy atom. The van der Waals surface area contributed by atoms with E-state index in [2.05, 4.69) is 45.1 Å². The van der Waals surface area contributed by atoms with E-state index in [1.54, 1.807) is 0 Å². The molecule has 3 atom stereocenters. The lowest BCUT2D eigenvalue weighted by Gasteiger charge is -2.28. The van der Waals surface area contributed by atoms with Crippen LogP contribution in [-0.2, 0) is 0 Å². The molecule has 1 aliphatic carbocycles. The first kappa shape index (κ1) is 8.58. The van der Waals surface area contributed by atoms with Crippen molar-refractivity contribution in [3.63, 3.8) is 0 Å². The lowest BCUT2D eigenvalue weighted by molar-refractivity contribution is 0.343. The van der Waals surface area contributed by atoms with Crippen molar-refractivity contribution >= 4 is 0 Å². The molecule has 0 radical (unpaired) electrons. The maximum absolute atomic E-state index is 2.35. The molecule has 0 saturated heterocycles. The lowest BCUT2D eigenvalue weighted by Crippen LogP contribution is -2.19. The summed E-state index contributed by atoms with van der Waals surface area (Å²) < 4.78 is 0. The summed E-state index contributed by atoms with van der Waals surface area (Å²) in [6.07, 6.45) is 10.4. The molecule has 0 amide bonds. The summed E-state index contributed by atoms with van der Waals surface area (Å²) in [5, 5.41) is 0. The van der Waals surface area contributed by atoms with Gasteiger partial charge in [0.2, 0.25) is 0 Å². The van der Waals surface area contributed by atoms with Gasteiger partial charge in [0.15, 0.2) is 0 Å². The van der Waals surface area contributed by atoms with Gasteiger partial charge in [0, 0.05) is 0 Å². The van der Waals surface area contributed by atoms with Crippen LogP contribution < -0.4 is 0 Å². The largest absolute Gasteiger partial charge is 0.0914 e. The standard InChI is InChI=1S/C11H18/c1-4-6-11-9(2)7-5-8-10(11)3/h4-7,9-11H,8H2,1-3H3. The molecule has 3 unspecified atom stereocenters. The van der Waals surface area contributed by atoms with Gasteiger partial charge in [-0.2, -0.15) is 0 Å². The summed E-state index contributed by atoms with van der Waals surface area (Å²) in [5.74, 6) is 2.33. The van der Waals surface area contributed by atoms with E-state index in [0.717, 1.165) is 17.8 Å². The highest BCUT2D eigenvalue weighted by Gasteiger charge is 2.21. The van der Waals surface area contributed by atoms with Crippen LogP contribution in [0.4, 0.5) is 0 Å². The molecule has 0 aliphatic heterocycles. The fraction of sp³-hybridized carbons (Fsp3) is 0.636. The van der Waals surface area contributed by atoms with Crippen LogP contribution >= 0.6 is 0 Å². The first-order valence-electron chi connectivity index (χ1n) is 4.55. The van der Waals surface area contributed by atoms with E-state index in [4.69, 9.17) is 0 Å². The second kappa shape index (κ2) is 3.75. The van der Waals surface area contributed by atoms with Gasteiger partial charge in [0.1, 0.15) is 0 Å². The van der Waals surface area contributed by atoms with Crippen molar-refractivity contribution in [1.82, 2.24) is 0 Å². The first-order chi connectivity index (χ1) is 5.25. The first-order valence-corrected chi connectivity index (χ1v) is 4.55. The molecule has 0 aromatic carbocycles. The molecule has 0 bridgehead atoms. The van der Waals surface area contributed by atoms with E-state index < -0.39 is 0 Å². The third kappa shape index (κ3) is 1.95. The fourth-order valence-electron chi connectivity index (χ4n) is 1.90. The normalized spacial score (nSPS) is 38.3. The smallest absolute Gasteiger partial charge is 0.0145 e. The van der Waals surface area contributed by atoms with Gasteiger partial charge in [-0.1, -0.05) is 38.2 Å². The third-order valence-electron chi connectivity index (χ3n) is 2.63. The average molecular weight is 150 g/mol. The lowest BCUT2D eigenvalue weighted by atomic mass is 9.77. The molecule has 1 aliphatic rings. The Morgan fingerprint density at radius 2 is 2.09 bits per heavy atom. The van der Waals surface area contributed by atoms with Crippen LogP contribution in [0.1, 0.15) is 27.2 Å². The van der Waals surface area contributed by atoms with Crippen LogP contribution in [0.25, 0.3) is 0 Å². The molecule has 1 rings (SSSR count). The summed E-state index contributed by atoms with van der Waals surface area (Å²) >= 11 is 0. The highest BCUT2D eigenvalue weighted by atomic mass is 14.3. The van der Waals surface area contributed by atoms with Crippen LogP contribution in [0.2, 0.25) is 0 Å². The van der Waals surface area contributed by atoms with Crippen LogP contribution in [0, 0.1) is 17.8 Å². The Bertz CT molecular complexity index is 165. The van der Waals surface area contributed by atoms with Gasteiger partial charge in [-0.25, -0.2) is 0 Å². The van der Waals surface area contributed by atoms with Gasteiger partial charge in [-0.05, 0) is 31.1 Å². The Balaban J connectivity index is 2.66. The molecule has 0 heterocycles. The monoisotopic (exact) mass is 150 g/mol. The molecule has 0 spiro atoms. The Hall–Kier alpha value is -0.520. The van der Waals surface area contributed by atoms with Crippen LogP contribution in [-0.4, -0.2) is 0 Å². The second-order valence-corrected chi connectivity index (χ2v) is 3.60. The fourth-order valence-corrected chi connectivity index (χ4v) is 1.90. The SMILES string of the molecule is CC=CC1C(C)C=CCC1C. The van der Waals surface area contributed by atoms with Gasteiger partial charge in [-0.15, -0.1) is 0 Å². The number of hydrogen-bond donors (Lipinski definition) is 0. The van der Waals surface area contributed by atoms with E-state index >= 15 is 0 Å². The zero-order valence-electron chi connectivity index (χ0n) is 7.75. The van der Waals surface area contributed by atoms with Crippen molar-refractivity contribution in [2.24, 2.45) is 17.8 Å². The molecule has 0 heteroatoms. The quantitative estimate of drug-likeness (QED) is 0.502. The van der Waals surface area contributed by atoms with E-state index in [0.29, 0.717) is 0 Å². The highest BCUT2D eigenvalue weighted by molar-refractivity contribution is 5.04. The van der Waals surface area contributed by atoms with Gasteiger partial charge < -0.3 is 0 Å². The zero-order chi connectivity index (χ0) is 8.27. The number of rotatable bonds is 1. The molecule has 11 heavy (non-hydrogen) atoms. The predicted octanol–water partition coefficient (Wildman–Crippen LogP) is 3.41. The summed E-state index contributed by atoms with van der Waals surface area (Å²) in [6.45, 7) is 6.75. The van der Waals surface area contributed by atoms with Crippen LogP contribution in [0.5, 0.6) is 0 Å². The zero-order valence-corrected chi connectivity index (χ0v) is 7.75. The molecular formula is C11H18. The van der Waals surface area contributed by atoms with E-state index in [-0.39, 0.29) is 0 Å². The molecular weight excluding hydrogens is 132 g/mol. The number of hydrogen-bond acceptors (Lipinski definition) is 0. The molecule has 0 fully saturated rings. The summed E-state index contributed by atoms with van der Waals surface area (Å²) in [5.41, 5.74) is 0. The minimum absolute atomic E-state index is 0.731. The molecule has 0 saturated carbocycles. The van der Waals surface area contributed by atoms with Crippen LogP contribution in [0.3, 0.4) is 0 Å². The highest BCUT2D eigenvalue weighted by Crippen LogP contribution is 2.30. The summed E-state index contributed by atoms with van der Waals surface area (Å²) in [7, 11) is 0. The van der Waals surface area contributed by atoms with Crippen LogP contribution in [0.15, 0.2) is 24.3 Å². The molecule has 0 aromatic rings. The van der Waals surface area contributed by atoms with Gasteiger partial charge >= 0.3 is 0 Å². The van der Waals surface area contributed by atoms with Crippen molar-refractivity contribution in [2.75, 3.05) is 0 Å². The third-order valence-corrected chi connectivity index (χ3v) is 2.63. The minimum Gasteiger partial charge on any atom is -0.0914 e. The average Bonchev–Trinajstić information content (AvgIpc) is 1.97. The van der Waals surface area contributed by atoms with Gasteiger partial charge in [-0.3, -0.25) is 0 Å².